The molecule has 1 aromatic carbocycles. The molecular formula is C13H9BrClNS. The van der Waals surface area contributed by atoms with E-state index in [1.807, 2.05) is 6.07 Å². The molecule has 0 aliphatic heterocycles. The van der Waals surface area contributed by atoms with Gasteiger partial charge in [0.05, 0.1) is 10.9 Å². The number of hydrogen-bond acceptors (Lipinski definition) is 1. The van der Waals surface area contributed by atoms with Crippen molar-refractivity contribution in [2.75, 3.05) is 0 Å². The maximum Gasteiger partial charge on any atom is 0.0931 e. The number of hydrogen-bond donors (Lipinski definition) is 0. The highest BCUT2D eigenvalue weighted by Gasteiger charge is 2.05. The van der Waals surface area contributed by atoms with Crippen LogP contribution in [0, 0.1) is 0 Å². The maximum atomic E-state index is 5.95. The molecule has 0 aliphatic rings. The number of benzene rings is 1. The summed E-state index contributed by atoms with van der Waals surface area (Å²) in [5, 5.41) is 1.25. The van der Waals surface area contributed by atoms with E-state index >= 15 is 0 Å². The second kappa shape index (κ2) is 4.48. The fourth-order valence-corrected chi connectivity index (χ4v) is 3.50. The molecule has 17 heavy (non-hydrogen) atoms. The molecule has 0 spiro atoms. The van der Waals surface area contributed by atoms with Crippen LogP contribution < -0.4 is 0 Å². The second-order valence-corrected chi connectivity index (χ2v) is 6.48. The lowest BCUT2D eigenvalue weighted by molar-refractivity contribution is 0.851. The molecule has 4 heteroatoms. The monoisotopic (exact) mass is 325 g/mol. The molecule has 0 N–H and O–H groups in total. The largest absolute Gasteiger partial charge is 0.342 e. The van der Waals surface area contributed by atoms with Crippen LogP contribution in [0.15, 0.2) is 47.1 Å². The third kappa shape index (κ3) is 2.15. The Labute approximate surface area is 117 Å². The lowest BCUT2D eigenvalue weighted by atomic mass is 10.2. The van der Waals surface area contributed by atoms with Crippen molar-refractivity contribution in [1.82, 2.24) is 4.57 Å². The summed E-state index contributed by atoms with van der Waals surface area (Å²) < 4.78 is 4.22. The SMILES string of the molecule is Clc1ccc(Cn2ccc3c(Br)cccc32)s1. The van der Waals surface area contributed by atoms with Gasteiger partial charge in [0.15, 0.2) is 0 Å². The predicted molar refractivity (Wildman–Crippen MR) is 78.1 cm³/mol. The summed E-state index contributed by atoms with van der Waals surface area (Å²) in [4.78, 5) is 1.27. The standard InChI is InChI=1S/C13H9BrClNS/c14-11-2-1-3-12-10(11)6-7-16(12)8-9-4-5-13(15)17-9/h1-7H,8H2. The summed E-state index contributed by atoms with van der Waals surface area (Å²) in [5.74, 6) is 0. The van der Waals surface area contributed by atoms with E-state index in [1.165, 1.54) is 15.8 Å². The van der Waals surface area contributed by atoms with Crippen LogP contribution in [-0.2, 0) is 6.54 Å². The second-order valence-electron chi connectivity index (χ2n) is 3.82. The molecule has 2 aromatic heterocycles. The van der Waals surface area contributed by atoms with E-state index in [1.54, 1.807) is 11.3 Å². The molecular weight excluding hydrogens is 318 g/mol. The molecule has 0 amide bonds. The van der Waals surface area contributed by atoms with Gasteiger partial charge in [-0.2, -0.15) is 0 Å². The van der Waals surface area contributed by atoms with E-state index in [0.29, 0.717) is 0 Å². The van der Waals surface area contributed by atoms with E-state index in [4.69, 9.17) is 11.6 Å². The van der Waals surface area contributed by atoms with Crippen molar-refractivity contribution in [3.63, 3.8) is 0 Å². The van der Waals surface area contributed by atoms with E-state index in [-0.39, 0.29) is 0 Å². The van der Waals surface area contributed by atoms with Crippen LogP contribution >= 0.6 is 38.9 Å². The first-order valence-corrected chi connectivity index (χ1v) is 7.20. The molecule has 0 aliphatic carbocycles. The summed E-state index contributed by atoms with van der Waals surface area (Å²) in [6.07, 6.45) is 2.11. The third-order valence-corrected chi connectivity index (χ3v) is 4.62. The van der Waals surface area contributed by atoms with Gasteiger partial charge >= 0.3 is 0 Å². The van der Waals surface area contributed by atoms with Gasteiger partial charge in [0, 0.05) is 26.4 Å². The minimum atomic E-state index is 0.845. The van der Waals surface area contributed by atoms with Crippen LogP contribution in [0.25, 0.3) is 10.9 Å². The Bertz CT molecular complexity index is 671. The minimum absolute atomic E-state index is 0.845. The predicted octanol–water partition coefficient (Wildman–Crippen LogP) is 5.17. The summed E-state index contributed by atoms with van der Waals surface area (Å²) in [7, 11) is 0. The van der Waals surface area contributed by atoms with Gasteiger partial charge < -0.3 is 4.57 Å². The van der Waals surface area contributed by atoms with Crippen molar-refractivity contribution in [2.45, 2.75) is 6.54 Å². The number of fused-ring (bicyclic) bond motifs is 1. The fraction of sp³-hybridized carbons (Fsp3) is 0.0769. The quantitative estimate of drug-likeness (QED) is 0.612. The van der Waals surface area contributed by atoms with Crippen LogP contribution in [0.5, 0.6) is 0 Å². The Balaban J connectivity index is 2.04. The Kier molecular flexibility index (Phi) is 2.99. The van der Waals surface area contributed by atoms with Gasteiger partial charge in [0.2, 0.25) is 0 Å². The number of rotatable bonds is 2. The molecule has 0 bridgehead atoms. The Hall–Kier alpha value is -0.770. The average Bonchev–Trinajstić information content (AvgIpc) is 2.88. The van der Waals surface area contributed by atoms with E-state index < -0.39 is 0 Å². The van der Waals surface area contributed by atoms with Gasteiger partial charge in [0.25, 0.3) is 0 Å². The molecule has 0 unspecified atom stereocenters. The summed E-state index contributed by atoms with van der Waals surface area (Å²) in [5.41, 5.74) is 1.24. The first kappa shape index (κ1) is 11.3. The van der Waals surface area contributed by atoms with E-state index in [2.05, 4.69) is 57.0 Å². The number of aromatic nitrogens is 1. The van der Waals surface area contributed by atoms with Gasteiger partial charge in [-0.1, -0.05) is 33.6 Å². The average molecular weight is 327 g/mol. The molecule has 0 radical (unpaired) electrons. The van der Waals surface area contributed by atoms with Gasteiger partial charge in [-0.3, -0.25) is 0 Å². The van der Waals surface area contributed by atoms with Crippen molar-refractivity contribution in [2.24, 2.45) is 0 Å². The lowest BCUT2D eigenvalue weighted by Gasteiger charge is -2.03. The van der Waals surface area contributed by atoms with Crippen LogP contribution in [0.1, 0.15) is 4.88 Å². The van der Waals surface area contributed by atoms with E-state index in [0.717, 1.165) is 15.4 Å². The van der Waals surface area contributed by atoms with E-state index in [9.17, 15) is 0 Å². The number of halogens is 2. The van der Waals surface area contributed by atoms with Crippen molar-refractivity contribution in [3.05, 3.63) is 56.3 Å². The van der Waals surface area contributed by atoms with Gasteiger partial charge in [-0.05, 0) is 30.3 Å². The highest BCUT2D eigenvalue weighted by Crippen LogP contribution is 2.27. The first-order valence-electron chi connectivity index (χ1n) is 5.21. The zero-order chi connectivity index (χ0) is 11.8. The molecule has 2 heterocycles. The number of nitrogens with zero attached hydrogens (tertiary/aromatic N) is 1. The van der Waals surface area contributed by atoms with Gasteiger partial charge in [-0.25, -0.2) is 0 Å². The molecule has 3 rings (SSSR count). The van der Waals surface area contributed by atoms with Crippen molar-refractivity contribution in [3.8, 4) is 0 Å². The molecule has 0 saturated carbocycles. The lowest BCUT2D eigenvalue weighted by Crippen LogP contribution is -1.94. The summed E-state index contributed by atoms with van der Waals surface area (Å²) in [6, 6.07) is 12.4. The summed E-state index contributed by atoms with van der Waals surface area (Å²) in [6.45, 7) is 0.872. The highest BCUT2D eigenvalue weighted by atomic mass is 79.9. The van der Waals surface area contributed by atoms with Crippen LogP contribution in [0.4, 0.5) is 0 Å². The van der Waals surface area contributed by atoms with Crippen LogP contribution in [0.3, 0.4) is 0 Å². The van der Waals surface area contributed by atoms with Crippen molar-refractivity contribution in [1.29, 1.82) is 0 Å². The molecule has 0 atom stereocenters. The number of thiophene rings is 1. The van der Waals surface area contributed by atoms with Gasteiger partial charge in [0.1, 0.15) is 0 Å². The van der Waals surface area contributed by atoms with Crippen molar-refractivity contribution < 1.29 is 0 Å². The summed E-state index contributed by atoms with van der Waals surface area (Å²) >= 11 is 11.1. The molecule has 0 saturated heterocycles. The maximum absolute atomic E-state index is 5.95. The smallest absolute Gasteiger partial charge is 0.0931 e. The van der Waals surface area contributed by atoms with Crippen molar-refractivity contribution >= 4 is 49.8 Å². The third-order valence-electron chi connectivity index (χ3n) is 2.72. The molecule has 3 aromatic rings. The van der Waals surface area contributed by atoms with Gasteiger partial charge in [-0.15, -0.1) is 11.3 Å². The zero-order valence-corrected chi connectivity index (χ0v) is 12.0. The molecule has 86 valence electrons. The minimum Gasteiger partial charge on any atom is -0.342 e. The Morgan fingerprint density at radius 3 is 2.82 bits per heavy atom. The topological polar surface area (TPSA) is 4.93 Å². The fourth-order valence-electron chi connectivity index (χ4n) is 1.93. The first-order chi connectivity index (χ1) is 8.24. The van der Waals surface area contributed by atoms with Crippen LogP contribution in [-0.4, -0.2) is 4.57 Å². The Morgan fingerprint density at radius 1 is 1.18 bits per heavy atom. The zero-order valence-electron chi connectivity index (χ0n) is 8.86. The highest BCUT2D eigenvalue weighted by molar-refractivity contribution is 9.10. The Morgan fingerprint density at radius 2 is 2.06 bits per heavy atom. The molecule has 1 nitrogen and oxygen atoms in total. The van der Waals surface area contributed by atoms with Crippen LogP contribution in [0.2, 0.25) is 4.34 Å². The molecule has 0 fully saturated rings. The normalized spacial score (nSPS) is 11.2.